The molecule has 0 saturated heterocycles. The Labute approximate surface area is 114 Å². The minimum absolute atomic E-state index is 0.142. The van der Waals surface area contributed by atoms with Crippen LogP contribution in [0.4, 0.5) is 0 Å². The summed E-state index contributed by atoms with van der Waals surface area (Å²) in [5.74, 6) is -1.35. The third kappa shape index (κ3) is 2.78. The second-order valence-electron chi connectivity index (χ2n) is 4.36. The number of hydrogen-bond acceptors (Lipinski definition) is 6. The molecule has 19 heavy (non-hydrogen) atoms. The van der Waals surface area contributed by atoms with Crippen molar-refractivity contribution in [3.05, 3.63) is 11.2 Å². The standard InChI is InChI=1S/C10H14N2O5S2/c1-17-10(3-2-4-10)5-12-19(15,16)9-7(8(13)14)11-6-18-9/h6,12H,2-5H2,1H3,(H,13,14). The van der Waals surface area contributed by atoms with Gasteiger partial charge in [0.2, 0.25) is 0 Å². The molecule has 106 valence electrons. The Bertz CT molecular complexity index is 571. The fraction of sp³-hybridized carbons (Fsp3) is 0.600. The molecule has 7 nitrogen and oxygen atoms in total. The van der Waals surface area contributed by atoms with Crippen LogP contribution < -0.4 is 4.72 Å². The SMILES string of the molecule is COC1(CNS(=O)(=O)c2scnc2C(=O)O)CCC1. The first-order chi connectivity index (χ1) is 8.90. The molecule has 2 N–H and O–H groups in total. The number of nitrogens with one attached hydrogen (secondary N) is 1. The number of ether oxygens (including phenoxy) is 1. The maximum Gasteiger partial charge on any atom is 0.356 e. The first-order valence-electron chi connectivity index (χ1n) is 5.62. The van der Waals surface area contributed by atoms with Crippen LogP contribution in [-0.4, -0.2) is 43.7 Å². The van der Waals surface area contributed by atoms with Crippen LogP contribution in [0.25, 0.3) is 0 Å². The van der Waals surface area contributed by atoms with Crippen LogP contribution in [0.2, 0.25) is 0 Å². The lowest BCUT2D eigenvalue weighted by Crippen LogP contribution is -2.49. The van der Waals surface area contributed by atoms with Gasteiger partial charge in [-0.15, -0.1) is 11.3 Å². The Balaban J connectivity index is 2.14. The van der Waals surface area contributed by atoms with Crippen molar-refractivity contribution in [2.45, 2.75) is 29.1 Å². The predicted octanol–water partition coefficient (Wildman–Crippen LogP) is 0.689. The van der Waals surface area contributed by atoms with Crippen LogP contribution in [-0.2, 0) is 14.8 Å². The van der Waals surface area contributed by atoms with E-state index in [0.29, 0.717) is 0 Å². The lowest BCUT2D eigenvalue weighted by Gasteiger charge is -2.40. The molecular weight excluding hydrogens is 292 g/mol. The van der Waals surface area contributed by atoms with Crippen molar-refractivity contribution in [1.82, 2.24) is 9.71 Å². The number of aromatic carboxylic acids is 1. The van der Waals surface area contributed by atoms with Crippen LogP contribution >= 0.6 is 11.3 Å². The molecule has 0 unspecified atom stereocenters. The summed E-state index contributed by atoms with van der Waals surface area (Å²) < 4.78 is 31.6. The topological polar surface area (TPSA) is 106 Å². The largest absolute Gasteiger partial charge is 0.476 e. The van der Waals surface area contributed by atoms with Crippen molar-refractivity contribution < 1.29 is 23.1 Å². The molecule has 0 aliphatic heterocycles. The number of carboxylic acids is 1. The zero-order valence-corrected chi connectivity index (χ0v) is 11.9. The average molecular weight is 306 g/mol. The number of carboxylic acid groups (broad SMARTS) is 1. The molecule has 1 heterocycles. The van der Waals surface area contributed by atoms with E-state index in [1.54, 1.807) is 7.11 Å². The van der Waals surface area contributed by atoms with Crippen molar-refractivity contribution in [3.63, 3.8) is 0 Å². The highest BCUT2D eigenvalue weighted by Gasteiger charge is 2.38. The van der Waals surface area contributed by atoms with Crippen molar-refractivity contribution in [2.75, 3.05) is 13.7 Å². The Morgan fingerprint density at radius 1 is 1.63 bits per heavy atom. The smallest absolute Gasteiger partial charge is 0.356 e. The maximum atomic E-state index is 12.1. The molecule has 0 spiro atoms. The summed E-state index contributed by atoms with van der Waals surface area (Å²) in [5, 5.41) is 8.88. The highest BCUT2D eigenvalue weighted by atomic mass is 32.2. The summed E-state index contributed by atoms with van der Waals surface area (Å²) in [7, 11) is -2.32. The van der Waals surface area contributed by atoms with Gasteiger partial charge in [0, 0.05) is 13.7 Å². The van der Waals surface area contributed by atoms with Crippen LogP contribution in [0.15, 0.2) is 9.72 Å². The van der Waals surface area contributed by atoms with E-state index >= 15 is 0 Å². The van der Waals surface area contributed by atoms with Gasteiger partial charge in [-0.3, -0.25) is 0 Å². The zero-order valence-electron chi connectivity index (χ0n) is 10.2. The van der Waals surface area contributed by atoms with Gasteiger partial charge in [0.15, 0.2) is 9.90 Å². The maximum absolute atomic E-state index is 12.1. The number of nitrogens with zero attached hydrogens (tertiary/aromatic N) is 1. The van der Waals surface area contributed by atoms with E-state index in [0.717, 1.165) is 30.6 Å². The molecule has 1 fully saturated rings. The molecule has 1 saturated carbocycles. The second-order valence-corrected chi connectivity index (χ2v) is 7.18. The number of thiazole rings is 1. The van der Waals surface area contributed by atoms with Crippen LogP contribution in [0.1, 0.15) is 29.8 Å². The molecule has 0 aromatic carbocycles. The number of carbonyl (C=O) groups is 1. The summed E-state index contributed by atoms with van der Waals surface area (Å²) in [6, 6.07) is 0. The Morgan fingerprint density at radius 2 is 2.32 bits per heavy atom. The van der Waals surface area contributed by atoms with Gasteiger partial charge in [0.25, 0.3) is 10.0 Å². The molecule has 2 rings (SSSR count). The monoisotopic (exact) mass is 306 g/mol. The van der Waals surface area contributed by atoms with Crippen molar-refractivity contribution in [2.24, 2.45) is 0 Å². The van der Waals surface area contributed by atoms with Gasteiger partial charge >= 0.3 is 5.97 Å². The number of rotatable bonds is 6. The van der Waals surface area contributed by atoms with E-state index < -0.39 is 27.3 Å². The third-order valence-corrected chi connectivity index (χ3v) is 6.03. The number of methoxy groups -OCH3 is 1. The quantitative estimate of drug-likeness (QED) is 0.801. The third-order valence-electron chi connectivity index (χ3n) is 3.26. The second kappa shape index (κ2) is 5.16. The molecule has 0 bridgehead atoms. The summed E-state index contributed by atoms with van der Waals surface area (Å²) in [5.41, 5.74) is 0.298. The number of sulfonamides is 1. The summed E-state index contributed by atoms with van der Waals surface area (Å²) >= 11 is 0.785. The average Bonchev–Trinajstić information content (AvgIpc) is 2.77. The number of aromatic nitrogens is 1. The lowest BCUT2D eigenvalue weighted by molar-refractivity contribution is -0.0659. The van der Waals surface area contributed by atoms with Crippen molar-refractivity contribution in [3.8, 4) is 0 Å². The summed E-state index contributed by atoms with van der Waals surface area (Å²) in [6.07, 6.45) is 2.58. The van der Waals surface area contributed by atoms with E-state index in [9.17, 15) is 13.2 Å². The fourth-order valence-corrected chi connectivity index (χ4v) is 4.18. The molecule has 0 radical (unpaired) electrons. The van der Waals surface area contributed by atoms with E-state index in [4.69, 9.17) is 9.84 Å². The predicted molar refractivity (Wildman–Crippen MR) is 67.9 cm³/mol. The molecule has 1 aliphatic rings. The van der Waals surface area contributed by atoms with Gasteiger partial charge < -0.3 is 9.84 Å². The fourth-order valence-electron chi connectivity index (χ4n) is 1.88. The zero-order chi connectivity index (χ0) is 14.1. The first-order valence-corrected chi connectivity index (χ1v) is 7.98. The van der Waals surface area contributed by atoms with Crippen molar-refractivity contribution in [1.29, 1.82) is 0 Å². The van der Waals surface area contributed by atoms with E-state index in [2.05, 4.69) is 9.71 Å². The molecule has 1 aromatic rings. The molecule has 0 atom stereocenters. The van der Waals surface area contributed by atoms with Gasteiger partial charge in [-0.05, 0) is 19.3 Å². The van der Waals surface area contributed by atoms with E-state index in [-0.39, 0.29) is 10.8 Å². The highest BCUT2D eigenvalue weighted by molar-refractivity contribution is 7.91. The molecular formula is C10H14N2O5S2. The van der Waals surface area contributed by atoms with Gasteiger partial charge in [-0.1, -0.05) is 0 Å². The van der Waals surface area contributed by atoms with E-state index in [1.807, 2.05) is 0 Å². The minimum Gasteiger partial charge on any atom is -0.476 e. The summed E-state index contributed by atoms with van der Waals surface area (Å²) in [6.45, 7) is 0.142. The Hall–Kier alpha value is -1.03. The summed E-state index contributed by atoms with van der Waals surface area (Å²) in [4.78, 5) is 14.4. The molecule has 1 aromatic heterocycles. The molecule has 9 heteroatoms. The Morgan fingerprint density at radius 3 is 2.79 bits per heavy atom. The van der Waals surface area contributed by atoms with Crippen molar-refractivity contribution >= 4 is 27.3 Å². The Kier molecular flexibility index (Phi) is 3.90. The van der Waals surface area contributed by atoms with Gasteiger partial charge in [0.05, 0.1) is 11.1 Å². The normalized spacial score (nSPS) is 17.9. The highest BCUT2D eigenvalue weighted by Crippen LogP contribution is 2.34. The first kappa shape index (κ1) is 14.4. The van der Waals surface area contributed by atoms with Crippen LogP contribution in [0.3, 0.4) is 0 Å². The minimum atomic E-state index is -3.87. The van der Waals surface area contributed by atoms with Crippen LogP contribution in [0, 0.1) is 0 Å². The molecule has 0 amide bonds. The lowest BCUT2D eigenvalue weighted by atomic mass is 9.80. The number of hydrogen-bond donors (Lipinski definition) is 2. The molecule has 1 aliphatic carbocycles. The van der Waals surface area contributed by atoms with Gasteiger partial charge in [0.1, 0.15) is 0 Å². The van der Waals surface area contributed by atoms with E-state index in [1.165, 1.54) is 5.51 Å². The van der Waals surface area contributed by atoms with Crippen LogP contribution in [0.5, 0.6) is 0 Å². The van der Waals surface area contributed by atoms with Gasteiger partial charge in [-0.25, -0.2) is 22.9 Å². The van der Waals surface area contributed by atoms with Gasteiger partial charge in [-0.2, -0.15) is 0 Å².